The lowest BCUT2D eigenvalue weighted by atomic mass is 9.95. The van der Waals surface area contributed by atoms with Gasteiger partial charge < -0.3 is 14.9 Å². The Morgan fingerprint density at radius 3 is 2.57 bits per heavy atom. The number of anilines is 1. The molecule has 0 saturated carbocycles. The Morgan fingerprint density at radius 1 is 1.11 bits per heavy atom. The molecule has 2 N–H and O–H groups in total. The predicted octanol–water partition coefficient (Wildman–Crippen LogP) is 5.71. The second kappa shape index (κ2) is 8.83. The van der Waals surface area contributed by atoms with E-state index in [2.05, 4.69) is 20.9 Å². The van der Waals surface area contributed by atoms with Crippen LogP contribution in [-0.2, 0) is 9.59 Å². The summed E-state index contributed by atoms with van der Waals surface area (Å²) in [5.41, 5.74) is 2.53. The molecule has 5 rings (SSSR count). The first-order chi connectivity index (χ1) is 16.8. The molecular formula is C26H19BrN2O5S. The third-order valence-electron chi connectivity index (χ3n) is 5.82. The number of aliphatic hydroxyl groups excluding tert-OH is 1. The first kappa shape index (κ1) is 23.1. The summed E-state index contributed by atoms with van der Waals surface area (Å²) in [6.45, 7) is 1.96. The minimum absolute atomic E-state index is 0.0729. The van der Waals surface area contributed by atoms with Crippen LogP contribution in [0, 0.1) is 6.92 Å². The number of halogens is 1. The summed E-state index contributed by atoms with van der Waals surface area (Å²) >= 11 is 4.60. The predicted molar refractivity (Wildman–Crippen MR) is 138 cm³/mol. The van der Waals surface area contributed by atoms with Gasteiger partial charge in [-0.05, 0) is 58.2 Å². The van der Waals surface area contributed by atoms with Crippen LogP contribution in [0.25, 0.3) is 16.0 Å². The van der Waals surface area contributed by atoms with E-state index in [1.807, 2.05) is 25.1 Å². The van der Waals surface area contributed by atoms with Gasteiger partial charge in [0.1, 0.15) is 5.76 Å². The van der Waals surface area contributed by atoms with E-state index in [1.165, 1.54) is 23.3 Å². The van der Waals surface area contributed by atoms with E-state index < -0.39 is 17.7 Å². The number of aromatic hydroxyl groups is 1. The van der Waals surface area contributed by atoms with Gasteiger partial charge in [0.2, 0.25) is 0 Å². The van der Waals surface area contributed by atoms with Crippen LogP contribution in [0.2, 0.25) is 0 Å². The molecule has 176 valence electrons. The molecule has 1 fully saturated rings. The zero-order chi connectivity index (χ0) is 24.9. The quantitative estimate of drug-likeness (QED) is 0.192. The number of thiazole rings is 1. The van der Waals surface area contributed by atoms with Crippen LogP contribution in [0.5, 0.6) is 11.5 Å². The number of Topliss-reactive ketones (excluding diaryl/α,β-unsaturated/α-hetero) is 1. The van der Waals surface area contributed by atoms with Gasteiger partial charge in [0.05, 0.1) is 33.4 Å². The molecule has 1 saturated heterocycles. The van der Waals surface area contributed by atoms with Gasteiger partial charge in [0, 0.05) is 5.56 Å². The molecule has 9 heteroatoms. The first-order valence-electron chi connectivity index (χ1n) is 10.6. The van der Waals surface area contributed by atoms with E-state index in [0.29, 0.717) is 26.2 Å². The van der Waals surface area contributed by atoms with Gasteiger partial charge in [-0.3, -0.25) is 14.5 Å². The number of carbonyl (C=O) groups excluding carboxylic acids is 2. The highest BCUT2D eigenvalue weighted by Crippen LogP contribution is 2.47. The molecule has 0 radical (unpaired) electrons. The molecule has 0 bridgehead atoms. The number of ether oxygens (including phenoxy) is 1. The number of phenolic OH excluding ortho intramolecular Hbond substituents is 1. The fourth-order valence-corrected chi connectivity index (χ4v) is 5.68. The monoisotopic (exact) mass is 550 g/mol. The minimum Gasteiger partial charge on any atom is -0.507 e. The van der Waals surface area contributed by atoms with E-state index >= 15 is 0 Å². The third kappa shape index (κ3) is 3.86. The Labute approximate surface area is 213 Å². The number of fused-ring (bicyclic) bond motifs is 1. The number of amides is 1. The normalized spacial score (nSPS) is 17.3. The van der Waals surface area contributed by atoms with Crippen molar-refractivity contribution in [2.75, 3.05) is 12.0 Å². The maximum atomic E-state index is 13.4. The van der Waals surface area contributed by atoms with Crippen molar-refractivity contribution in [1.29, 1.82) is 0 Å². The minimum atomic E-state index is -0.998. The highest BCUT2D eigenvalue weighted by atomic mass is 79.9. The van der Waals surface area contributed by atoms with Crippen LogP contribution >= 0.6 is 27.3 Å². The molecule has 1 atom stereocenters. The highest BCUT2D eigenvalue weighted by molar-refractivity contribution is 9.10. The number of aliphatic hydroxyl groups is 1. The Balaban J connectivity index is 1.78. The molecule has 0 aliphatic carbocycles. The van der Waals surface area contributed by atoms with Crippen molar-refractivity contribution in [1.82, 2.24) is 4.98 Å². The number of rotatable bonds is 4. The van der Waals surface area contributed by atoms with E-state index in [1.54, 1.807) is 42.5 Å². The number of methoxy groups -OCH3 is 1. The molecule has 35 heavy (non-hydrogen) atoms. The van der Waals surface area contributed by atoms with Gasteiger partial charge in [0.25, 0.3) is 5.78 Å². The first-order valence-corrected chi connectivity index (χ1v) is 12.2. The van der Waals surface area contributed by atoms with Crippen LogP contribution in [0.1, 0.15) is 22.7 Å². The van der Waals surface area contributed by atoms with Gasteiger partial charge in [-0.15, -0.1) is 0 Å². The molecule has 1 aliphatic rings. The lowest BCUT2D eigenvalue weighted by Gasteiger charge is -2.24. The highest BCUT2D eigenvalue weighted by Gasteiger charge is 2.48. The number of aromatic nitrogens is 1. The van der Waals surface area contributed by atoms with Crippen molar-refractivity contribution >= 4 is 60.1 Å². The Kier molecular flexibility index (Phi) is 5.82. The molecule has 1 aromatic heterocycles. The van der Waals surface area contributed by atoms with Crippen LogP contribution < -0.4 is 9.64 Å². The summed E-state index contributed by atoms with van der Waals surface area (Å²) in [6.07, 6.45) is 0. The van der Waals surface area contributed by atoms with Crippen molar-refractivity contribution in [2.24, 2.45) is 0 Å². The maximum Gasteiger partial charge on any atom is 0.301 e. The van der Waals surface area contributed by atoms with E-state index in [-0.39, 0.29) is 22.8 Å². The Hall–Kier alpha value is -3.69. The van der Waals surface area contributed by atoms with Gasteiger partial charge in [-0.25, -0.2) is 4.98 Å². The Morgan fingerprint density at radius 2 is 1.86 bits per heavy atom. The zero-order valence-electron chi connectivity index (χ0n) is 18.7. The van der Waals surface area contributed by atoms with Crippen molar-refractivity contribution in [2.45, 2.75) is 13.0 Å². The summed E-state index contributed by atoms with van der Waals surface area (Å²) in [5, 5.41) is 21.9. The topological polar surface area (TPSA) is 100.0 Å². The van der Waals surface area contributed by atoms with E-state index in [9.17, 15) is 19.8 Å². The van der Waals surface area contributed by atoms with E-state index in [0.717, 1.165) is 10.3 Å². The number of carbonyl (C=O) groups is 2. The summed E-state index contributed by atoms with van der Waals surface area (Å²) in [6, 6.07) is 16.5. The fourth-order valence-electron chi connectivity index (χ4n) is 4.13. The lowest BCUT2D eigenvalue weighted by Crippen LogP contribution is -2.29. The number of hydrogen-bond acceptors (Lipinski definition) is 7. The van der Waals surface area contributed by atoms with Gasteiger partial charge in [0.15, 0.2) is 16.6 Å². The van der Waals surface area contributed by atoms with Crippen molar-refractivity contribution in [3.8, 4) is 11.5 Å². The van der Waals surface area contributed by atoms with Crippen molar-refractivity contribution in [3.63, 3.8) is 0 Å². The zero-order valence-corrected chi connectivity index (χ0v) is 21.1. The molecule has 1 amide bonds. The summed E-state index contributed by atoms with van der Waals surface area (Å²) in [7, 11) is 1.40. The molecule has 4 aromatic rings. The Bertz CT molecular complexity index is 1530. The average molecular weight is 551 g/mol. The number of phenols is 1. The number of aryl methyl sites for hydroxylation is 1. The summed E-state index contributed by atoms with van der Waals surface area (Å²) < 4.78 is 6.49. The molecule has 3 aromatic carbocycles. The number of ketones is 1. The molecular weight excluding hydrogens is 532 g/mol. The van der Waals surface area contributed by atoms with Gasteiger partial charge in [-0.2, -0.15) is 0 Å². The third-order valence-corrected chi connectivity index (χ3v) is 7.44. The van der Waals surface area contributed by atoms with Crippen LogP contribution in [0.4, 0.5) is 5.13 Å². The second-order valence-electron chi connectivity index (χ2n) is 8.06. The standard InChI is InChI=1S/C26H19BrN2O5S/c1-13-8-9-17-19(10-13)35-26(28-17)29-21(15-11-16(27)23(31)18(12-15)34-2)20(24(32)25(29)33)22(30)14-6-4-3-5-7-14/h3-12,21,30-31H,1-2H3. The smallest absolute Gasteiger partial charge is 0.301 e. The molecule has 1 aliphatic heterocycles. The molecule has 0 spiro atoms. The van der Waals surface area contributed by atoms with Crippen molar-refractivity contribution < 1.29 is 24.5 Å². The SMILES string of the molecule is COc1cc(C2C(=C(O)c3ccccc3)C(=O)C(=O)N2c2nc3ccc(C)cc3s2)cc(Br)c1O. The average Bonchev–Trinajstić information content (AvgIpc) is 3.38. The summed E-state index contributed by atoms with van der Waals surface area (Å²) in [5.74, 6) is -1.88. The molecule has 1 unspecified atom stereocenters. The second-order valence-corrected chi connectivity index (χ2v) is 9.92. The molecule has 2 heterocycles. The van der Waals surface area contributed by atoms with Gasteiger partial charge in [-0.1, -0.05) is 47.7 Å². The van der Waals surface area contributed by atoms with E-state index in [4.69, 9.17) is 4.74 Å². The number of benzene rings is 3. The van der Waals surface area contributed by atoms with Gasteiger partial charge >= 0.3 is 5.91 Å². The molecule has 7 nitrogen and oxygen atoms in total. The number of hydrogen-bond donors (Lipinski definition) is 2. The van der Waals surface area contributed by atoms with Crippen LogP contribution in [0.15, 0.2) is 70.7 Å². The fraction of sp³-hybridized carbons (Fsp3) is 0.115. The lowest BCUT2D eigenvalue weighted by molar-refractivity contribution is -0.132. The van der Waals surface area contributed by atoms with Crippen LogP contribution in [0.3, 0.4) is 0 Å². The van der Waals surface area contributed by atoms with Crippen LogP contribution in [-0.4, -0.2) is 34.0 Å². The van der Waals surface area contributed by atoms with Crippen molar-refractivity contribution in [3.05, 3.63) is 87.4 Å². The summed E-state index contributed by atoms with van der Waals surface area (Å²) in [4.78, 5) is 32.7. The largest absolute Gasteiger partial charge is 0.507 e. The number of nitrogens with zero attached hydrogens (tertiary/aromatic N) is 2. The maximum absolute atomic E-state index is 13.4.